The van der Waals surface area contributed by atoms with Gasteiger partial charge in [0.2, 0.25) is 5.91 Å². The highest BCUT2D eigenvalue weighted by Gasteiger charge is 2.18. The largest absolute Gasteiger partial charge is 0.325 e. The number of carbonyl (C=O) groups excluding carboxylic acids is 1. The molecule has 0 aliphatic carbocycles. The number of nitrogens with one attached hydrogen (secondary N) is 1. The summed E-state index contributed by atoms with van der Waals surface area (Å²) in [7, 11) is 0. The van der Waals surface area contributed by atoms with Crippen molar-refractivity contribution in [2.75, 3.05) is 5.32 Å². The maximum atomic E-state index is 12.6. The molecule has 0 unspecified atom stereocenters. The molecule has 1 heterocycles. The summed E-state index contributed by atoms with van der Waals surface area (Å²) >= 11 is 7.45. The molecule has 1 N–H and O–H groups in total. The number of fused-ring (bicyclic) bond motifs is 1. The second-order valence-electron chi connectivity index (χ2n) is 5.80. The minimum Gasteiger partial charge on any atom is -0.325 e. The van der Waals surface area contributed by atoms with E-state index < -0.39 is 0 Å². The molecule has 2 aromatic carbocycles. The molecule has 4 nitrogen and oxygen atoms in total. The van der Waals surface area contributed by atoms with E-state index >= 15 is 0 Å². The second kappa shape index (κ2) is 7.42. The summed E-state index contributed by atoms with van der Waals surface area (Å²) in [5.74, 6) is 0.607. The maximum Gasteiger partial charge on any atom is 0.237 e. The SMILES string of the molecule is Cc1nc(S[C@@H](C)C(=O)Nc2cc(Cl)ccc2C)c2ccccc2n1. The molecule has 3 aromatic rings. The lowest BCUT2D eigenvalue weighted by Gasteiger charge is -2.14. The molecule has 1 atom stereocenters. The van der Waals surface area contributed by atoms with Gasteiger partial charge in [-0.1, -0.05) is 47.6 Å². The molecule has 1 aromatic heterocycles. The molecule has 0 aliphatic heterocycles. The van der Waals surface area contributed by atoms with Gasteiger partial charge in [0.15, 0.2) is 0 Å². The summed E-state index contributed by atoms with van der Waals surface area (Å²) in [6.07, 6.45) is 0. The Labute approximate surface area is 156 Å². The molecule has 0 bridgehead atoms. The number of aryl methyl sites for hydroxylation is 2. The standard InChI is InChI=1S/C19H18ClN3OS/c1-11-8-9-14(20)10-17(11)23-18(24)12(2)25-19-15-6-4-5-7-16(15)21-13(3)22-19/h4-10,12H,1-3H3,(H,23,24)/t12-/m0/s1. The first kappa shape index (κ1) is 17.7. The predicted octanol–water partition coefficient (Wildman–Crippen LogP) is 5.02. The van der Waals surface area contributed by atoms with Crippen molar-refractivity contribution in [1.29, 1.82) is 0 Å². The van der Waals surface area contributed by atoms with Gasteiger partial charge in [0, 0.05) is 16.1 Å². The zero-order valence-corrected chi connectivity index (χ0v) is 15.8. The fourth-order valence-corrected chi connectivity index (χ4v) is 3.59. The first-order valence-electron chi connectivity index (χ1n) is 7.91. The Balaban J connectivity index is 1.81. The summed E-state index contributed by atoms with van der Waals surface area (Å²) < 4.78 is 0. The number of rotatable bonds is 4. The van der Waals surface area contributed by atoms with Crippen molar-refractivity contribution in [3.05, 3.63) is 58.9 Å². The number of para-hydroxylation sites is 1. The van der Waals surface area contributed by atoms with E-state index in [4.69, 9.17) is 11.6 Å². The third-order valence-corrected chi connectivity index (χ3v) is 5.13. The molecule has 0 fully saturated rings. The third-order valence-electron chi connectivity index (χ3n) is 3.80. The van der Waals surface area contributed by atoms with Crippen LogP contribution in [0.3, 0.4) is 0 Å². The van der Waals surface area contributed by atoms with E-state index in [0.29, 0.717) is 10.8 Å². The Morgan fingerprint density at radius 1 is 1.16 bits per heavy atom. The van der Waals surface area contributed by atoms with Gasteiger partial charge in [-0.05, 0) is 44.5 Å². The minimum absolute atomic E-state index is 0.0873. The summed E-state index contributed by atoms with van der Waals surface area (Å²) in [5.41, 5.74) is 2.59. The Kier molecular flexibility index (Phi) is 5.25. The number of halogens is 1. The molecule has 3 rings (SSSR count). The van der Waals surface area contributed by atoms with Crippen LogP contribution in [-0.4, -0.2) is 21.1 Å². The monoisotopic (exact) mass is 371 g/mol. The zero-order valence-electron chi connectivity index (χ0n) is 14.2. The van der Waals surface area contributed by atoms with E-state index in [2.05, 4.69) is 15.3 Å². The molecular formula is C19H18ClN3OS. The molecule has 128 valence electrons. The average molecular weight is 372 g/mol. The van der Waals surface area contributed by atoms with Crippen LogP contribution in [-0.2, 0) is 4.79 Å². The molecule has 6 heteroatoms. The fraction of sp³-hybridized carbons (Fsp3) is 0.211. The Bertz CT molecular complexity index is 945. The average Bonchev–Trinajstić information content (AvgIpc) is 2.58. The summed E-state index contributed by atoms with van der Waals surface area (Å²) in [5, 5.41) is 5.00. The first-order chi connectivity index (χ1) is 11.9. The number of aromatic nitrogens is 2. The Morgan fingerprint density at radius 3 is 2.72 bits per heavy atom. The summed E-state index contributed by atoms with van der Waals surface area (Å²) in [6, 6.07) is 13.3. The number of hydrogen-bond acceptors (Lipinski definition) is 4. The van der Waals surface area contributed by atoms with Crippen molar-refractivity contribution in [3.8, 4) is 0 Å². The third kappa shape index (κ3) is 4.11. The topological polar surface area (TPSA) is 54.9 Å². The number of nitrogens with zero attached hydrogens (tertiary/aromatic N) is 2. The number of anilines is 1. The van der Waals surface area contributed by atoms with Crippen LogP contribution in [0.4, 0.5) is 5.69 Å². The summed E-state index contributed by atoms with van der Waals surface area (Å²) in [4.78, 5) is 21.5. The quantitative estimate of drug-likeness (QED) is 0.516. The van der Waals surface area contributed by atoms with Crippen molar-refractivity contribution in [1.82, 2.24) is 9.97 Å². The second-order valence-corrected chi connectivity index (χ2v) is 7.57. The summed E-state index contributed by atoms with van der Waals surface area (Å²) in [6.45, 7) is 5.66. The van der Waals surface area contributed by atoms with Gasteiger partial charge in [0.05, 0.1) is 10.8 Å². The number of thioether (sulfide) groups is 1. The maximum absolute atomic E-state index is 12.6. The highest BCUT2D eigenvalue weighted by molar-refractivity contribution is 8.00. The Morgan fingerprint density at radius 2 is 1.92 bits per heavy atom. The van der Waals surface area contributed by atoms with Gasteiger partial charge in [-0.25, -0.2) is 9.97 Å². The number of benzene rings is 2. The Hall–Kier alpha value is -2.11. The molecule has 1 amide bonds. The zero-order chi connectivity index (χ0) is 18.0. The van der Waals surface area contributed by atoms with Gasteiger partial charge in [-0.2, -0.15) is 0 Å². The van der Waals surface area contributed by atoms with E-state index in [1.165, 1.54) is 11.8 Å². The van der Waals surface area contributed by atoms with E-state index in [9.17, 15) is 4.79 Å². The number of amides is 1. The van der Waals surface area contributed by atoms with Crippen LogP contribution in [0.5, 0.6) is 0 Å². The molecule has 25 heavy (non-hydrogen) atoms. The van der Waals surface area contributed by atoms with E-state index in [0.717, 1.165) is 27.2 Å². The normalized spacial score (nSPS) is 12.2. The fourth-order valence-electron chi connectivity index (χ4n) is 2.43. The lowest BCUT2D eigenvalue weighted by atomic mass is 10.2. The first-order valence-corrected chi connectivity index (χ1v) is 9.17. The van der Waals surface area contributed by atoms with Gasteiger partial charge in [-0.15, -0.1) is 0 Å². The van der Waals surface area contributed by atoms with Crippen molar-refractivity contribution in [2.45, 2.75) is 31.0 Å². The van der Waals surface area contributed by atoms with Crippen LogP contribution in [0.25, 0.3) is 10.9 Å². The molecule has 0 saturated carbocycles. The smallest absolute Gasteiger partial charge is 0.237 e. The van der Waals surface area contributed by atoms with Gasteiger partial charge in [0.25, 0.3) is 0 Å². The van der Waals surface area contributed by atoms with Crippen LogP contribution >= 0.6 is 23.4 Å². The number of carbonyl (C=O) groups is 1. The highest BCUT2D eigenvalue weighted by Crippen LogP contribution is 2.29. The van der Waals surface area contributed by atoms with E-state index in [1.54, 1.807) is 12.1 Å². The van der Waals surface area contributed by atoms with Gasteiger partial charge < -0.3 is 5.32 Å². The van der Waals surface area contributed by atoms with E-state index in [1.807, 2.05) is 51.1 Å². The van der Waals surface area contributed by atoms with Crippen molar-refractivity contribution in [2.24, 2.45) is 0 Å². The van der Waals surface area contributed by atoms with Crippen molar-refractivity contribution in [3.63, 3.8) is 0 Å². The van der Waals surface area contributed by atoms with Crippen molar-refractivity contribution >= 4 is 45.9 Å². The molecular weight excluding hydrogens is 354 g/mol. The van der Waals surface area contributed by atoms with E-state index in [-0.39, 0.29) is 11.2 Å². The molecule has 0 radical (unpaired) electrons. The van der Waals surface area contributed by atoms with Crippen LogP contribution in [0.15, 0.2) is 47.5 Å². The van der Waals surface area contributed by atoms with Crippen LogP contribution in [0, 0.1) is 13.8 Å². The van der Waals surface area contributed by atoms with Crippen LogP contribution in [0.1, 0.15) is 18.3 Å². The minimum atomic E-state index is -0.309. The van der Waals surface area contributed by atoms with Crippen molar-refractivity contribution < 1.29 is 4.79 Å². The number of hydrogen-bond donors (Lipinski definition) is 1. The lowest BCUT2D eigenvalue weighted by molar-refractivity contribution is -0.115. The van der Waals surface area contributed by atoms with Gasteiger partial charge in [0.1, 0.15) is 10.9 Å². The van der Waals surface area contributed by atoms with Gasteiger partial charge >= 0.3 is 0 Å². The molecule has 0 spiro atoms. The van der Waals surface area contributed by atoms with Crippen LogP contribution < -0.4 is 5.32 Å². The van der Waals surface area contributed by atoms with Gasteiger partial charge in [-0.3, -0.25) is 4.79 Å². The molecule has 0 saturated heterocycles. The predicted molar refractivity (Wildman–Crippen MR) is 104 cm³/mol. The lowest BCUT2D eigenvalue weighted by Crippen LogP contribution is -2.23. The van der Waals surface area contributed by atoms with Crippen LogP contribution in [0.2, 0.25) is 5.02 Å². The highest BCUT2D eigenvalue weighted by atomic mass is 35.5. The molecule has 0 aliphatic rings.